The molecule has 0 fully saturated rings. The molecular formula is C24H22ClFN4O2. The predicted octanol–water partition coefficient (Wildman–Crippen LogP) is 3.73. The first-order valence-corrected chi connectivity index (χ1v) is 10.6. The van der Waals surface area contributed by atoms with Crippen molar-refractivity contribution in [3.8, 4) is 0 Å². The summed E-state index contributed by atoms with van der Waals surface area (Å²) < 4.78 is 13.3. The van der Waals surface area contributed by atoms with Crippen LogP contribution in [0.25, 0.3) is 0 Å². The van der Waals surface area contributed by atoms with Crippen molar-refractivity contribution in [2.45, 2.75) is 19.0 Å². The van der Waals surface area contributed by atoms with Gasteiger partial charge in [-0.05, 0) is 47.4 Å². The van der Waals surface area contributed by atoms with Crippen molar-refractivity contribution in [2.24, 2.45) is 0 Å². The number of pyridine rings is 1. The molecule has 2 heterocycles. The summed E-state index contributed by atoms with van der Waals surface area (Å²) in [5.41, 5.74) is 3.78. The van der Waals surface area contributed by atoms with Crippen molar-refractivity contribution in [2.75, 3.05) is 18.4 Å². The van der Waals surface area contributed by atoms with E-state index in [1.165, 1.54) is 23.3 Å². The maximum Gasteiger partial charge on any atom is 0.313 e. The van der Waals surface area contributed by atoms with Crippen LogP contribution >= 0.6 is 11.6 Å². The third kappa shape index (κ3) is 5.12. The lowest BCUT2D eigenvalue weighted by Gasteiger charge is -2.35. The SMILES string of the molecule is O=C(NCC(c1cccnc1)N1CCc2ccccc2C1)C(=O)Nc1ccc(F)c(Cl)c1. The van der Waals surface area contributed by atoms with Crippen LogP contribution in [-0.2, 0) is 22.6 Å². The van der Waals surface area contributed by atoms with Gasteiger partial charge in [-0.3, -0.25) is 19.5 Å². The Labute approximate surface area is 190 Å². The van der Waals surface area contributed by atoms with Gasteiger partial charge in [-0.25, -0.2) is 4.39 Å². The number of amides is 2. The average Bonchev–Trinajstić information content (AvgIpc) is 2.82. The number of hydrogen-bond acceptors (Lipinski definition) is 4. The zero-order valence-corrected chi connectivity index (χ0v) is 18.0. The number of nitrogens with one attached hydrogen (secondary N) is 2. The molecule has 1 aliphatic heterocycles. The zero-order chi connectivity index (χ0) is 22.5. The van der Waals surface area contributed by atoms with Gasteiger partial charge in [0.05, 0.1) is 11.1 Å². The van der Waals surface area contributed by atoms with Crippen molar-refractivity contribution in [1.29, 1.82) is 0 Å². The summed E-state index contributed by atoms with van der Waals surface area (Å²) in [6, 6.07) is 15.7. The molecule has 1 aromatic heterocycles. The Bertz CT molecular complexity index is 1130. The molecule has 1 atom stereocenters. The quantitative estimate of drug-likeness (QED) is 0.578. The van der Waals surface area contributed by atoms with Crippen molar-refractivity contribution in [3.63, 3.8) is 0 Å². The number of carbonyl (C=O) groups is 2. The second kappa shape index (κ2) is 9.89. The van der Waals surface area contributed by atoms with E-state index in [9.17, 15) is 14.0 Å². The number of nitrogens with zero attached hydrogens (tertiary/aromatic N) is 2. The largest absolute Gasteiger partial charge is 0.346 e. The third-order valence-electron chi connectivity index (χ3n) is 5.51. The van der Waals surface area contributed by atoms with E-state index in [4.69, 9.17) is 11.6 Å². The fourth-order valence-electron chi connectivity index (χ4n) is 3.85. The fourth-order valence-corrected chi connectivity index (χ4v) is 4.03. The van der Waals surface area contributed by atoms with E-state index in [1.54, 1.807) is 12.4 Å². The highest BCUT2D eigenvalue weighted by Crippen LogP contribution is 2.27. The van der Waals surface area contributed by atoms with Crippen LogP contribution in [0, 0.1) is 5.82 Å². The van der Waals surface area contributed by atoms with Gasteiger partial charge in [-0.2, -0.15) is 0 Å². The summed E-state index contributed by atoms with van der Waals surface area (Å²) >= 11 is 5.73. The first-order chi connectivity index (χ1) is 15.5. The highest BCUT2D eigenvalue weighted by molar-refractivity contribution is 6.39. The molecule has 0 spiro atoms. The smallest absolute Gasteiger partial charge is 0.313 e. The summed E-state index contributed by atoms with van der Waals surface area (Å²) in [6.07, 6.45) is 4.39. The van der Waals surface area contributed by atoms with E-state index >= 15 is 0 Å². The molecule has 3 aromatic rings. The fraction of sp³-hybridized carbons (Fsp3) is 0.208. The van der Waals surface area contributed by atoms with Gasteiger partial charge in [0.15, 0.2) is 0 Å². The second-order valence-corrected chi connectivity index (χ2v) is 7.99. The second-order valence-electron chi connectivity index (χ2n) is 7.58. The number of halogens is 2. The molecule has 8 heteroatoms. The molecule has 4 rings (SSSR count). The molecule has 164 valence electrons. The molecule has 2 aromatic carbocycles. The summed E-state index contributed by atoms with van der Waals surface area (Å²) in [5, 5.41) is 5.02. The number of carbonyl (C=O) groups excluding carboxylic acids is 2. The van der Waals surface area contributed by atoms with Gasteiger partial charge in [-0.1, -0.05) is 41.9 Å². The van der Waals surface area contributed by atoms with E-state index in [-0.39, 0.29) is 23.3 Å². The molecule has 0 aliphatic carbocycles. The van der Waals surface area contributed by atoms with Crippen LogP contribution < -0.4 is 10.6 Å². The van der Waals surface area contributed by atoms with Crippen molar-refractivity contribution >= 4 is 29.1 Å². The molecule has 32 heavy (non-hydrogen) atoms. The Morgan fingerprint density at radius 3 is 2.66 bits per heavy atom. The normalized spacial score (nSPS) is 14.3. The van der Waals surface area contributed by atoms with E-state index in [0.29, 0.717) is 0 Å². The number of fused-ring (bicyclic) bond motifs is 1. The summed E-state index contributed by atoms with van der Waals surface area (Å²) in [4.78, 5) is 31.3. The lowest BCUT2D eigenvalue weighted by atomic mass is 9.97. The predicted molar refractivity (Wildman–Crippen MR) is 121 cm³/mol. The topological polar surface area (TPSA) is 74.3 Å². The van der Waals surface area contributed by atoms with Crippen molar-refractivity contribution < 1.29 is 14.0 Å². The third-order valence-corrected chi connectivity index (χ3v) is 5.80. The lowest BCUT2D eigenvalue weighted by Crippen LogP contribution is -2.43. The number of benzene rings is 2. The molecule has 2 N–H and O–H groups in total. The monoisotopic (exact) mass is 452 g/mol. The Morgan fingerprint density at radius 1 is 1.09 bits per heavy atom. The number of anilines is 1. The minimum Gasteiger partial charge on any atom is -0.346 e. The Balaban J connectivity index is 1.44. The van der Waals surface area contributed by atoms with Gasteiger partial charge >= 0.3 is 11.8 Å². The molecule has 2 amide bonds. The maximum absolute atomic E-state index is 13.3. The van der Waals surface area contributed by atoms with E-state index in [1.807, 2.05) is 24.3 Å². The van der Waals surface area contributed by atoms with Gasteiger partial charge in [0, 0.05) is 37.7 Å². The molecule has 0 saturated heterocycles. The molecule has 0 saturated carbocycles. The zero-order valence-electron chi connectivity index (χ0n) is 17.2. The van der Waals surface area contributed by atoms with Gasteiger partial charge in [-0.15, -0.1) is 0 Å². The Hall–Kier alpha value is -3.29. The highest BCUT2D eigenvalue weighted by atomic mass is 35.5. The number of hydrogen-bond donors (Lipinski definition) is 2. The van der Waals surface area contributed by atoms with E-state index < -0.39 is 17.6 Å². The first-order valence-electron chi connectivity index (χ1n) is 10.3. The van der Waals surface area contributed by atoms with E-state index in [2.05, 4.69) is 32.7 Å². The highest BCUT2D eigenvalue weighted by Gasteiger charge is 2.26. The van der Waals surface area contributed by atoms with Crippen LogP contribution in [0.3, 0.4) is 0 Å². The summed E-state index contributed by atoms with van der Waals surface area (Å²) in [7, 11) is 0. The van der Waals surface area contributed by atoms with Gasteiger partial charge in [0.1, 0.15) is 5.82 Å². The number of rotatable bonds is 5. The van der Waals surface area contributed by atoms with Crippen LogP contribution in [0.5, 0.6) is 0 Å². The molecule has 1 aliphatic rings. The van der Waals surface area contributed by atoms with Gasteiger partial charge < -0.3 is 10.6 Å². The van der Waals surface area contributed by atoms with Crippen LogP contribution in [0.15, 0.2) is 67.0 Å². The standard InChI is InChI=1S/C24H22ClFN4O2/c25-20-12-19(7-8-21(20)26)29-24(32)23(31)28-14-22(17-6-3-10-27-13-17)30-11-9-16-4-1-2-5-18(16)15-30/h1-8,10,12-13,22H,9,11,14-15H2,(H,28,31)(H,29,32). The molecule has 1 unspecified atom stereocenters. The van der Waals surface area contributed by atoms with Crippen LogP contribution in [0.2, 0.25) is 5.02 Å². The van der Waals surface area contributed by atoms with Crippen LogP contribution in [0.4, 0.5) is 10.1 Å². The maximum atomic E-state index is 13.3. The van der Waals surface area contributed by atoms with Gasteiger partial charge in [0.25, 0.3) is 0 Å². The molecule has 0 radical (unpaired) electrons. The first kappa shape index (κ1) is 21.9. The van der Waals surface area contributed by atoms with Crippen LogP contribution in [-0.4, -0.2) is 34.8 Å². The van der Waals surface area contributed by atoms with Crippen LogP contribution in [0.1, 0.15) is 22.7 Å². The average molecular weight is 453 g/mol. The molecular weight excluding hydrogens is 431 g/mol. The minimum absolute atomic E-state index is 0.134. The van der Waals surface area contributed by atoms with E-state index in [0.717, 1.165) is 31.1 Å². The lowest BCUT2D eigenvalue weighted by molar-refractivity contribution is -0.136. The Morgan fingerprint density at radius 2 is 1.91 bits per heavy atom. The molecule has 0 bridgehead atoms. The summed E-state index contributed by atoms with van der Waals surface area (Å²) in [6.45, 7) is 1.81. The van der Waals surface area contributed by atoms with Crippen molar-refractivity contribution in [1.82, 2.24) is 15.2 Å². The molecule has 6 nitrogen and oxygen atoms in total. The van der Waals surface area contributed by atoms with Gasteiger partial charge in [0.2, 0.25) is 0 Å². The minimum atomic E-state index is -0.846. The van der Waals surface area contributed by atoms with Crippen molar-refractivity contribution in [3.05, 3.63) is 94.5 Å². The Kier molecular flexibility index (Phi) is 6.78. The number of aromatic nitrogens is 1. The summed E-state index contributed by atoms with van der Waals surface area (Å²) in [5.74, 6) is -2.23.